The first-order chi connectivity index (χ1) is 13.3. The highest BCUT2D eigenvalue weighted by atomic mass is 16.7. The lowest BCUT2D eigenvalue weighted by Gasteiger charge is -2.17. The number of ether oxygens (including phenoxy) is 3. The van der Waals surface area contributed by atoms with Crippen molar-refractivity contribution in [1.29, 1.82) is 0 Å². The number of benzene rings is 1. The highest BCUT2D eigenvalue weighted by Crippen LogP contribution is 2.30. The molecule has 1 aromatic carbocycles. The minimum absolute atomic E-state index is 0.0461. The summed E-state index contributed by atoms with van der Waals surface area (Å²) in [7, 11) is 1.44. The standard InChI is InChI=1S/C20H24O8/c1-12-5-3-7-15(21)19(24)16(22)8-4-6-13-9-14(27-11-26-2)10-17(23)18(13)20(25)28-12/h3-4,6-7,9-10,12,16,19,22-24H,5,8,11H2,1-2H3/b6-4+,7-3-/t12-,16?,19?/m0/s1. The number of rotatable bonds is 3. The summed E-state index contributed by atoms with van der Waals surface area (Å²) in [4.78, 5) is 24.4. The molecule has 0 spiro atoms. The maximum absolute atomic E-state index is 12.6. The maximum atomic E-state index is 12.6. The number of aliphatic hydroxyl groups excluding tert-OH is 2. The van der Waals surface area contributed by atoms with Gasteiger partial charge in [-0.05, 0) is 31.1 Å². The van der Waals surface area contributed by atoms with Crippen molar-refractivity contribution in [3.8, 4) is 11.5 Å². The van der Waals surface area contributed by atoms with E-state index in [4.69, 9.17) is 14.2 Å². The van der Waals surface area contributed by atoms with Crippen molar-refractivity contribution in [2.24, 2.45) is 0 Å². The molecule has 0 saturated heterocycles. The summed E-state index contributed by atoms with van der Waals surface area (Å²) in [5, 5.41) is 30.2. The number of phenols is 1. The lowest BCUT2D eigenvalue weighted by atomic mass is 10.0. The number of cyclic esters (lactones) is 1. The van der Waals surface area contributed by atoms with Gasteiger partial charge in [-0.15, -0.1) is 0 Å². The van der Waals surface area contributed by atoms with Gasteiger partial charge in [0, 0.05) is 19.6 Å². The molecule has 152 valence electrons. The monoisotopic (exact) mass is 392 g/mol. The van der Waals surface area contributed by atoms with Gasteiger partial charge in [0.2, 0.25) is 0 Å². The molecule has 0 saturated carbocycles. The predicted molar refractivity (Wildman–Crippen MR) is 99.9 cm³/mol. The maximum Gasteiger partial charge on any atom is 0.342 e. The van der Waals surface area contributed by atoms with Crippen LogP contribution < -0.4 is 4.74 Å². The van der Waals surface area contributed by atoms with Gasteiger partial charge in [-0.2, -0.15) is 0 Å². The van der Waals surface area contributed by atoms with Crippen molar-refractivity contribution >= 4 is 17.8 Å². The van der Waals surface area contributed by atoms with Gasteiger partial charge in [-0.3, -0.25) is 4.79 Å². The fourth-order valence-corrected chi connectivity index (χ4v) is 2.60. The predicted octanol–water partition coefficient (Wildman–Crippen LogP) is 1.57. The number of carbonyl (C=O) groups is 2. The van der Waals surface area contributed by atoms with Crippen LogP contribution in [0.25, 0.3) is 6.08 Å². The summed E-state index contributed by atoms with van der Waals surface area (Å²) in [6.07, 6.45) is 2.28. The number of hydrogen-bond acceptors (Lipinski definition) is 8. The second kappa shape index (κ2) is 10.0. The van der Waals surface area contributed by atoms with E-state index < -0.39 is 30.1 Å². The molecule has 1 aliphatic heterocycles. The SMILES string of the molecule is COCOc1cc(O)c2c(c1)/C=C/CC(O)C(O)C(=O)/C=C\C[C@H](C)OC2=O. The second-order valence-electron chi connectivity index (χ2n) is 6.36. The summed E-state index contributed by atoms with van der Waals surface area (Å²) in [6, 6.07) is 2.79. The number of carbonyl (C=O) groups excluding carboxylic acids is 2. The quantitative estimate of drug-likeness (QED) is 0.523. The van der Waals surface area contributed by atoms with E-state index in [0.29, 0.717) is 5.56 Å². The molecule has 0 amide bonds. The van der Waals surface area contributed by atoms with Crippen molar-refractivity contribution in [1.82, 2.24) is 0 Å². The molecule has 3 N–H and O–H groups in total. The van der Waals surface area contributed by atoms with Gasteiger partial charge in [0.05, 0.1) is 6.10 Å². The average molecular weight is 392 g/mol. The van der Waals surface area contributed by atoms with E-state index in [-0.39, 0.29) is 36.7 Å². The lowest BCUT2D eigenvalue weighted by Crippen LogP contribution is -2.32. The Kier molecular flexibility index (Phi) is 7.74. The van der Waals surface area contributed by atoms with E-state index in [1.807, 2.05) is 0 Å². The van der Waals surface area contributed by atoms with Crippen LogP contribution in [0.1, 0.15) is 35.7 Å². The van der Waals surface area contributed by atoms with Gasteiger partial charge >= 0.3 is 5.97 Å². The number of ketones is 1. The summed E-state index contributed by atoms with van der Waals surface area (Å²) in [5.74, 6) is -1.43. The number of esters is 1. The Morgan fingerprint density at radius 2 is 1.86 bits per heavy atom. The number of methoxy groups -OCH3 is 1. The number of phenolic OH excluding ortho intramolecular Hbond substituents is 1. The molecule has 0 bridgehead atoms. The van der Waals surface area contributed by atoms with Gasteiger partial charge < -0.3 is 29.5 Å². The average Bonchev–Trinajstić information content (AvgIpc) is 2.64. The molecule has 8 heteroatoms. The molecule has 0 fully saturated rings. The Bertz CT molecular complexity index is 768. The summed E-state index contributed by atoms with van der Waals surface area (Å²) >= 11 is 0. The van der Waals surface area contributed by atoms with Crippen LogP contribution >= 0.6 is 0 Å². The van der Waals surface area contributed by atoms with Crippen molar-refractivity contribution in [3.05, 3.63) is 41.5 Å². The van der Waals surface area contributed by atoms with Crippen LogP contribution in [-0.2, 0) is 14.3 Å². The van der Waals surface area contributed by atoms with Gasteiger partial charge in [0.25, 0.3) is 0 Å². The van der Waals surface area contributed by atoms with Crippen molar-refractivity contribution in [2.45, 2.75) is 38.1 Å². The molecule has 3 atom stereocenters. The molecule has 2 rings (SSSR count). The number of hydrogen-bond donors (Lipinski definition) is 3. The van der Waals surface area contributed by atoms with Crippen LogP contribution in [0.3, 0.4) is 0 Å². The summed E-state index contributed by atoms with van der Waals surface area (Å²) in [5.41, 5.74) is 0.240. The Morgan fingerprint density at radius 1 is 1.14 bits per heavy atom. The van der Waals surface area contributed by atoms with Gasteiger partial charge in [0.1, 0.15) is 29.3 Å². The van der Waals surface area contributed by atoms with E-state index in [1.165, 1.54) is 37.5 Å². The van der Waals surface area contributed by atoms with Crippen LogP contribution in [0.4, 0.5) is 0 Å². The van der Waals surface area contributed by atoms with Crippen molar-refractivity contribution < 1.29 is 39.1 Å². The first kappa shape index (κ1) is 21.6. The van der Waals surface area contributed by atoms with Crippen molar-refractivity contribution in [2.75, 3.05) is 13.9 Å². The molecule has 1 aliphatic rings. The first-order valence-electron chi connectivity index (χ1n) is 8.76. The van der Waals surface area contributed by atoms with E-state index in [0.717, 1.165) is 6.08 Å². The van der Waals surface area contributed by atoms with Crippen LogP contribution in [0.2, 0.25) is 0 Å². The molecule has 1 aromatic rings. The van der Waals surface area contributed by atoms with Gasteiger partial charge in [-0.25, -0.2) is 4.79 Å². The van der Waals surface area contributed by atoms with E-state index in [9.17, 15) is 24.9 Å². The number of aliphatic hydroxyl groups is 2. The summed E-state index contributed by atoms with van der Waals surface area (Å²) in [6.45, 7) is 1.58. The summed E-state index contributed by atoms with van der Waals surface area (Å²) < 4.78 is 15.5. The number of fused-ring (bicyclic) bond motifs is 1. The highest BCUT2D eigenvalue weighted by Gasteiger charge is 2.23. The lowest BCUT2D eigenvalue weighted by molar-refractivity contribution is -0.127. The molecule has 0 radical (unpaired) electrons. The molecule has 1 heterocycles. The first-order valence-corrected chi connectivity index (χ1v) is 8.76. The third kappa shape index (κ3) is 5.66. The third-order valence-electron chi connectivity index (χ3n) is 4.06. The van der Waals surface area contributed by atoms with Crippen molar-refractivity contribution in [3.63, 3.8) is 0 Å². The molecule has 8 nitrogen and oxygen atoms in total. The van der Waals surface area contributed by atoms with E-state index in [2.05, 4.69) is 0 Å². The van der Waals surface area contributed by atoms with Crippen LogP contribution in [0.5, 0.6) is 11.5 Å². The fourth-order valence-electron chi connectivity index (χ4n) is 2.60. The zero-order valence-electron chi connectivity index (χ0n) is 15.7. The zero-order chi connectivity index (χ0) is 20.7. The Labute approximate surface area is 162 Å². The highest BCUT2D eigenvalue weighted by molar-refractivity contribution is 5.97. The van der Waals surface area contributed by atoms with Crippen LogP contribution in [-0.4, -0.2) is 59.3 Å². The van der Waals surface area contributed by atoms with E-state index >= 15 is 0 Å². The number of aromatic hydroxyl groups is 1. The Morgan fingerprint density at radius 3 is 2.57 bits per heavy atom. The minimum atomic E-state index is -1.56. The van der Waals surface area contributed by atoms with Gasteiger partial charge in [0.15, 0.2) is 12.6 Å². The largest absolute Gasteiger partial charge is 0.507 e. The molecular weight excluding hydrogens is 368 g/mol. The normalized spacial score (nSPS) is 25.9. The molecule has 28 heavy (non-hydrogen) atoms. The molecule has 2 unspecified atom stereocenters. The smallest absolute Gasteiger partial charge is 0.342 e. The van der Waals surface area contributed by atoms with Crippen LogP contribution in [0, 0.1) is 0 Å². The second-order valence-corrected chi connectivity index (χ2v) is 6.36. The van der Waals surface area contributed by atoms with Gasteiger partial charge in [-0.1, -0.05) is 18.2 Å². The zero-order valence-corrected chi connectivity index (χ0v) is 15.7. The van der Waals surface area contributed by atoms with E-state index in [1.54, 1.807) is 6.92 Å². The topological polar surface area (TPSA) is 123 Å². The Hall–Kier alpha value is -2.68. The molecule has 0 aliphatic carbocycles. The molecule has 0 aromatic heterocycles. The van der Waals surface area contributed by atoms with Crippen LogP contribution in [0.15, 0.2) is 30.4 Å². The fraction of sp³-hybridized carbons (Fsp3) is 0.400. The third-order valence-corrected chi connectivity index (χ3v) is 4.06. The Balaban J connectivity index is 2.43. The minimum Gasteiger partial charge on any atom is -0.507 e. The molecular formula is C20H24O8.